The van der Waals surface area contributed by atoms with E-state index in [0.29, 0.717) is 19.3 Å². The number of hydrogen-bond acceptors (Lipinski definition) is 9. The van der Waals surface area contributed by atoms with Crippen LogP contribution in [-0.2, 0) is 14.3 Å². The Hall–Kier alpha value is -2.33. The average molecular weight is 530 g/mol. The van der Waals surface area contributed by atoms with Gasteiger partial charge in [0.25, 0.3) is 0 Å². The molecule has 9 unspecified atom stereocenters. The number of carbonyl (C=O) groups is 2. The van der Waals surface area contributed by atoms with E-state index in [1.807, 2.05) is 6.08 Å². The van der Waals surface area contributed by atoms with Gasteiger partial charge in [0.15, 0.2) is 0 Å². The van der Waals surface area contributed by atoms with Gasteiger partial charge in [-0.05, 0) is 69.4 Å². The van der Waals surface area contributed by atoms with Crippen LogP contribution in [0.25, 0.3) is 0 Å². The van der Waals surface area contributed by atoms with Gasteiger partial charge >= 0.3 is 11.9 Å². The first-order chi connectivity index (χ1) is 17.7. The number of hydrogen-bond donors (Lipinski definition) is 4. The van der Waals surface area contributed by atoms with Gasteiger partial charge in [-0.15, -0.1) is 0 Å². The van der Waals surface area contributed by atoms with E-state index < -0.39 is 63.8 Å². The van der Waals surface area contributed by atoms with Crippen molar-refractivity contribution in [2.24, 2.45) is 16.7 Å². The number of aliphatic hydroxyl groups excluding tert-OH is 1. The van der Waals surface area contributed by atoms with Crippen molar-refractivity contribution in [2.75, 3.05) is 0 Å². The molecular weight excluding hydrogens is 490 g/mol. The van der Waals surface area contributed by atoms with Gasteiger partial charge in [0, 0.05) is 25.2 Å². The molecule has 5 rings (SSSR count). The maximum atomic E-state index is 12.9. The van der Waals surface area contributed by atoms with Crippen molar-refractivity contribution in [1.29, 1.82) is 0 Å². The van der Waals surface area contributed by atoms with E-state index in [0.717, 1.165) is 5.57 Å². The molecule has 1 aromatic rings. The molecule has 0 bridgehead atoms. The lowest BCUT2D eigenvalue weighted by Crippen LogP contribution is -2.78. The Morgan fingerprint density at radius 2 is 1.89 bits per heavy atom. The predicted octanol–water partition coefficient (Wildman–Crippen LogP) is 2.45. The van der Waals surface area contributed by atoms with E-state index in [2.05, 4.69) is 11.9 Å². The molecule has 1 heterocycles. The van der Waals surface area contributed by atoms with E-state index in [9.17, 15) is 30.0 Å². The van der Waals surface area contributed by atoms with E-state index >= 15 is 0 Å². The highest BCUT2D eigenvalue weighted by Gasteiger charge is 2.81. The van der Waals surface area contributed by atoms with Crippen LogP contribution in [0.4, 0.5) is 0 Å². The van der Waals surface area contributed by atoms with Gasteiger partial charge in [-0.3, -0.25) is 9.78 Å². The van der Waals surface area contributed by atoms with Crippen molar-refractivity contribution >= 4 is 11.9 Å². The molecule has 4 aliphatic rings. The minimum atomic E-state index is -1.85. The van der Waals surface area contributed by atoms with Crippen LogP contribution in [0.2, 0.25) is 0 Å². The summed E-state index contributed by atoms with van der Waals surface area (Å²) in [5, 5.41) is 47.6. The van der Waals surface area contributed by atoms with Crippen LogP contribution < -0.4 is 0 Å². The van der Waals surface area contributed by atoms with E-state index in [1.54, 1.807) is 26.0 Å². The molecule has 9 nitrogen and oxygen atoms in total. The van der Waals surface area contributed by atoms with Crippen molar-refractivity contribution in [3.05, 3.63) is 41.7 Å². The normalized spacial score (nSPS) is 44.6. The lowest BCUT2D eigenvalue weighted by molar-refractivity contribution is -0.326. The number of ether oxygens (including phenoxy) is 2. The summed E-state index contributed by atoms with van der Waals surface area (Å²) in [5.74, 6) is -1.71. The van der Waals surface area contributed by atoms with Gasteiger partial charge < -0.3 is 29.9 Å². The SMILES string of the molecule is CC(=O)OC1CC2C3(C)CCC(O)CC3=CCC2(O)C2(O)CCC(O)(C(C)OC(=O)c3cccnc3)C12C. The van der Waals surface area contributed by atoms with Crippen molar-refractivity contribution in [1.82, 2.24) is 4.98 Å². The average Bonchev–Trinajstić information content (AvgIpc) is 3.10. The first kappa shape index (κ1) is 27.2. The second-order valence-electron chi connectivity index (χ2n) is 12.3. The maximum Gasteiger partial charge on any atom is 0.340 e. The fourth-order valence-electron chi connectivity index (χ4n) is 8.50. The molecule has 9 heteroatoms. The van der Waals surface area contributed by atoms with Crippen LogP contribution in [0.3, 0.4) is 0 Å². The molecule has 0 saturated heterocycles. The Kier molecular flexibility index (Phi) is 6.34. The maximum absolute atomic E-state index is 12.9. The third-order valence-electron chi connectivity index (χ3n) is 10.8. The Bertz CT molecular complexity index is 1160. The Morgan fingerprint density at radius 1 is 1.16 bits per heavy atom. The van der Waals surface area contributed by atoms with Gasteiger partial charge in [0.2, 0.25) is 0 Å². The highest BCUT2D eigenvalue weighted by Crippen LogP contribution is 2.71. The standard InChI is InChI=1S/C29H39NO8/c1-17(37-24(33)19-6-5-13-30-16-19)27(34)11-12-29(36)26(27,4)23(38-18(2)31)15-22-25(3)9-8-21(32)14-20(25)7-10-28(22,29)35/h5-7,13,16-17,21-23,32,34-36H,8-12,14-15H2,1-4H3. The second-order valence-corrected chi connectivity index (χ2v) is 12.3. The number of aliphatic hydroxyl groups is 4. The fraction of sp³-hybridized carbons (Fsp3) is 0.690. The van der Waals surface area contributed by atoms with E-state index in [1.165, 1.54) is 19.3 Å². The number of nitrogens with zero attached hydrogens (tertiary/aromatic N) is 1. The smallest absolute Gasteiger partial charge is 0.340 e. The van der Waals surface area contributed by atoms with Crippen LogP contribution in [0.1, 0.15) is 83.0 Å². The predicted molar refractivity (Wildman–Crippen MR) is 136 cm³/mol. The summed E-state index contributed by atoms with van der Waals surface area (Å²) in [5.41, 5.74) is -6.09. The minimum absolute atomic E-state index is 0.0281. The van der Waals surface area contributed by atoms with Crippen LogP contribution in [0.15, 0.2) is 36.2 Å². The fourth-order valence-corrected chi connectivity index (χ4v) is 8.50. The Labute approximate surface area is 222 Å². The molecule has 9 atom stereocenters. The molecule has 3 fully saturated rings. The lowest BCUT2D eigenvalue weighted by Gasteiger charge is -2.67. The summed E-state index contributed by atoms with van der Waals surface area (Å²) in [6.07, 6.45) is 4.45. The zero-order chi connectivity index (χ0) is 27.7. The second kappa shape index (κ2) is 8.84. The van der Waals surface area contributed by atoms with Crippen molar-refractivity contribution in [3.8, 4) is 0 Å². The summed E-state index contributed by atoms with van der Waals surface area (Å²) in [7, 11) is 0. The first-order valence-electron chi connectivity index (χ1n) is 13.6. The molecule has 0 amide bonds. The van der Waals surface area contributed by atoms with Crippen molar-refractivity contribution < 1.29 is 39.5 Å². The first-order valence-corrected chi connectivity index (χ1v) is 13.6. The van der Waals surface area contributed by atoms with E-state index in [4.69, 9.17) is 9.47 Å². The number of pyridine rings is 1. The summed E-state index contributed by atoms with van der Waals surface area (Å²) >= 11 is 0. The largest absolute Gasteiger partial charge is 0.462 e. The minimum Gasteiger partial charge on any atom is -0.462 e. The van der Waals surface area contributed by atoms with E-state index in [-0.39, 0.29) is 31.2 Å². The molecule has 0 spiro atoms. The Balaban J connectivity index is 1.57. The van der Waals surface area contributed by atoms with Crippen LogP contribution in [0.5, 0.6) is 0 Å². The molecule has 3 saturated carbocycles. The zero-order valence-corrected chi connectivity index (χ0v) is 22.5. The molecule has 208 valence electrons. The summed E-state index contributed by atoms with van der Waals surface area (Å²) < 4.78 is 11.6. The molecule has 0 aromatic carbocycles. The number of fused-ring (bicyclic) bond motifs is 5. The zero-order valence-electron chi connectivity index (χ0n) is 22.5. The monoisotopic (exact) mass is 529 g/mol. The molecular formula is C29H39NO8. The number of rotatable bonds is 4. The molecule has 4 aliphatic carbocycles. The molecule has 1 aromatic heterocycles. The highest BCUT2D eigenvalue weighted by atomic mass is 16.6. The quantitative estimate of drug-likeness (QED) is 0.341. The molecule has 0 aliphatic heterocycles. The van der Waals surface area contributed by atoms with Crippen LogP contribution in [0, 0.1) is 16.7 Å². The van der Waals surface area contributed by atoms with Gasteiger partial charge in [0.1, 0.15) is 29.0 Å². The van der Waals surface area contributed by atoms with Crippen LogP contribution >= 0.6 is 0 Å². The Morgan fingerprint density at radius 3 is 2.55 bits per heavy atom. The number of esters is 2. The van der Waals surface area contributed by atoms with Crippen LogP contribution in [-0.4, -0.2) is 72.5 Å². The van der Waals surface area contributed by atoms with Crippen molar-refractivity contribution in [2.45, 2.75) is 108 Å². The van der Waals surface area contributed by atoms with Gasteiger partial charge in [-0.1, -0.05) is 25.5 Å². The van der Waals surface area contributed by atoms with Gasteiger partial charge in [0.05, 0.1) is 17.1 Å². The topological polar surface area (TPSA) is 146 Å². The number of carbonyl (C=O) groups excluding carboxylic acids is 2. The van der Waals surface area contributed by atoms with Gasteiger partial charge in [-0.2, -0.15) is 0 Å². The third-order valence-corrected chi connectivity index (χ3v) is 10.8. The molecule has 0 radical (unpaired) electrons. The summed E-state index contributed by atoms with van der Waals surface area (Å²) in [4.78, 5) is 29.2. The summed E-state index contributed by atoms with van der Waals surface area (Å²) in [6, 6.07) is 3.16. The third kappa shape index (κ3) is 3.48. The molecule has 4 N–H and O–H groups in total. The van der Waals surface area contributed by atoms with Gasteiger partial charge in [-0.25, -0.2) is 4.79 Å². The lowest BCUT2D eigenvalue weighted by atomic mass is 9.42. The highest BCUT2D eigenvalue weighted by molar-refractivity contribution is 5.89. The number of aromatic nitrogens is 1. The van der Waals surface area contributed by atoms with Crippen molar-refractivity contribution in [3.63, 3.8) is 0 Å². The molecule has 38 heavy (non-hydrogen) atoms. The summed E-state index contributed by atoms with van der Waals surface area (Å²) in [6.45, 7) is 6.54.